The Morgan fingerprint density at radius 3 is 2.47 bits per heavy atom. The summed E-state index contributed by atoms with van der Waals surface area (Å²) in [5, 5.41) is 0. The fraction of sp³-hybridized carbons (Fsp3) is 0.923. The molecule has 0 aliphatic carbocycles. The first kappa shape index (κ1) is 14.5. The number of carbonyl (C=O) groups excluding carboxylic acids is 1. The van der Waals surface area contributed by atoms with Gasteiger partial charge >= 0.3 is 0 Å². The summed E-state index contributed by atoms with van der Waals surface area (Å²) >= 11 is 0. The summed E-state index contributed by atoms with van der Waals surface area (Å²) in [6, 6.07) is 0. The van der Waals surface area contributed by atoms with Gasteiger partial charge in [-0.3, -0.25) is 4.79 Å². The summed E-state index contributed by atoms with van der Waals surface area (Å²) < 4.78 is 10.9. The van der Waals surface area contributed by atoms with Crippen LogP contribution in [0.1, 0.15) is 33.6 Å². The lowest BCUT2D eigenvalue weighted by Gasteiger charge is -2.33. The topological polar surface area (TPSA) is 38.8 Å². The van der Waals surface area contributed by atoms with Crippen molar-refractivity contribution >= 4 is 5.91 Å². The van der Waals surface area contributed by atoms with Gasteiger partial charge in [-0.15, -0.1) is 0 Å². The lowest BCUT2D eigenvalue weighted by Crippen LogP contribution is -2.42. The third kappa shape index (κ3) is 5.04. The summed E-state index contributed by atoms with van der Waals surface area (Å²) in [5.41, 5.74) is 0. The maximum atomic E-state index is 11.8. The van der Waals surface area contributed by atoms with Crippen LogP contribution in [-0.2, 0) is 14.3 Å². The minimum Gasteiger partial charge on any atom is -0.379 e. The first-order chi connectivity index (χ1) is 8.15. The van der Waals surface area contributed by atoms with Crippen LogP contribution in [0, 0.1) is 5.92 Å². The third-order valence-electron chi connectivity index (χ3n) is 3.03. The summed E-state index contributed by atoms with van der Waals surface area (Å²) in [5.74, 6) is 0.364. The standard InChI is InChI=1S/C13H25NO3/c1-4-16-9-10-17-12-5-7-14(8-6-12)13(15)11(2)3/h11-12H,4-10H2,1-3H3. The number of nitrogens with zero attached hydrogens (tertiary/aromatic N) is 1. The number of hydrogen-bond donors (Lipinski definition) is 0. The molecule has 0 atom stereocenters. The predicted octanol–water partition coefficient (Wildman–Crippen LogP) is 1.69. The molecule has 0 bridgehead atoms. The van der Waals surface area contributed by atoms with Crippen molar-refractivity contribution in [2.24, 2.45) is 5.92 Å². The molecule has 1 amide bonds. The normalized spacial score (nSPS) is 17.8. The Morgan fingerprint density at radius 1 is 1.29 bits per heavy atom. The summed E-state index contributed by atoms with van der Waals surface area (Å²) in [4.78, 5) is 13.7. The van der Waals surface area contributed by atoms with Crippen LogP contribution in [0.15, 0.2) is 0 Å². The van der Waals surface area contributed by atoms with Gasteiger partial charge in [0.2, 0.25) is 5.91 Å². The molecule has 4 heteroatoms. The molecule has 100 valence electrons. The second kappa shape index (κ2) is 7.67. The van der Waals surface area contributed by atoms with E-state index in [1.165, 1.54) is 0 Å². The molecule has 4 nitrogen and oxygen atoms in total. The summed E-state index contributed by atoms with van der Waals surface area (Å²) in [6.07, 6.45) is 2.20. The zero-order valence-electron chi connectivity index (χ0n) is 11.3. The fourth-order valence-electron chi connectivity index (χ4n) is 2.03. The minimum atomic E-state index is 0.102. The molecular formula is C13H25NO3. The molecule has 0 aromatic carbocycles. The van der Waals surface area contributed by atoms with Gasteiger partial charge in [0.05, 0.1) is 19.3 Å². The van der Waals surface area contributed by atoms with Gasteiger partial charge in [-0.05, 0) is 19.8 Å². The van der Waals surface area contributed by atoms with E-state index < -0.39 is 0 Å². The second-order valence-corrected chi connectivity index (χ2v) is 4.75. The predicted molar refractivity (Wildman–Crippen MR) is 66.9 cm³/mol. The lowest BCUT2D eigenvalue weighted by molar-refractivity contribution is -0.137. The number of amides is 1. The molecule has 1 fully saturated rings. The van der Waals surface area contributed by atoms with E-state index in [0.29, 0.717) is 19.3 Å². The van der Waals surface area contributed by atoms with Crippen molar-refractivity contribution in [3.8, 4) is 0 Å². The summed E-state index contributed by atoms with van der Waals surface area (Å²) in [6.45, 7) is 9.62. The zero-order valence-corrected chi connectivity index (χ0v) is 11.3. The van der Waals surface area contributed by atoms with E-state index >= 15 is 0 Å². The highest BCUT2D eigenvalue weighted by molar-refractivity contribution is 5.78. The molecule has 0 unspecified atom stereocenters. The Balaban J connectivity index is 2.15. The number of hydrogen-bond acceptors (Lipinski definition) is 3. The van der Waals surface area contributed by atoms with Crippen molar-refractivity contribution in [1.82, 2.24) is 4.90 Å². The summed E-state index contributed by atoms with van der Waals surface area (Å²) in [7, 11) is 0. The Kier molecular flexibility index (Phi) is 6.52. The van der Waals surface area contributed by atoms with Gasteiger partial charge in [0.15, 0.2) is 0 Å². The molecule has 0 N–H and O–H groups in total. The molecule has 0 radical (unpaired) electrons. The maximum absolute atomic E-state index is 11.8. The van der Waals surface area contributed by atoms with Crippen LogP contribution < -0.4 is 0 Å². The number of ether oxygens (including phenoxy) is 2. The lowest BCUT2D eigenvalue weighted by atomic mass is 10.1. The fourth-order valence-corrected chi connectivity index (χ4v) is 2.03. The monoisotopic (exact) mass is 243 g/mol. The minimum absolute atomic E-state index is 0.102. The zero-order chi connectivity index (χ0) is 12.7. The maximum Gasteiger partial charge on any atom is 0.225 e. The molecular weight excluding hydrogens is 218 g/mol. The molecule has 0 spiro atoms. The molecule has 0 aromatic rings. The van der Waals surface area contributed by atoms with Gasteiger partial charge in [0.1, 0.15) is 0 Å². The van der Waals surface area contributed by atoms with Gasteiger partial charge in [0, 0.05) is 25.6 Å². The van der Waals surface area contributed by atoms with Crippen LogP contribution in [0.5, 0.6) is 0 Å². The van der Waals surface area contributed by atoms with Crippen LogP contribution >= 0.6 is 0 Å². The van der Waals surface area contributed by atoms with E-state index in [2.05, 4.69) is 0 Å². The molecule has 1 heterocycles. The van der Waals surface area contributed by atoms with Crippen molar-refractivity contribution in [3.05, 3.63) is 0 Å². The van der Waals surface area contributed by atoms with Crippen molar-refractivity contribution in [3.63, 3.8) is 0 Å². The number of piperidine rings is 1. The van der Waals surface area contributed by atoms with Crippen LogP contribution in [0.25, 0.3) is 0 Å². The van der Waals surface area contributed by atoms with Gasteiger partial charge < -0.3 is 14.4 Å². The molecule has 1 aliphatic rings. The van der Waals surface area contributed by atoms with Gasteiger partial charge in [-0.25, -0.2) is 0 Å². The van der Waals surface area contributed by atoms with Crippen molar-refractivity contribution in [1.29, 1.82) is 0 Å². The Morgan fingerprint density at radius 2 is 1.94 bits per heavy atom. The molecule has 1 aliphatic heterocycles. The SMILES string of the molecule is CCOCCOC1CCN(C(=O)C(C)C)CC1. The van der Waals surface area contributed by atoms with E-state index in [4.69, 9.17) is 9.47 Å². The highest BCUT2D eigenvalue weighted by Gasteiger charge is 2.24. The largest absolute Gasteiger partial charge is 0.379 e. The molecule has 0 saturated carbocycles. The number of carbonyl (C=O) groups is 1. The third-order valence-corrected chi connectivity index (χ3v) is 3.03. The number of rotatable bonds is 6. The average Bonchev–Trinajstić information content (AvgIpc) is 2.34. The van der Waals surface area contributed by atoms with E-state index in [-0.39, 0.29) is 11.8 Å². The second-order valence-electron chi connectivity index (χ2n) is 4.75. The van der Waals surface area contributed by atoms with Gasteiger partial charge in [0.25, 0.3) is 0 Å². The van der Waals surface area contributed by atoms with E-state index in [9.17, 15) is 4.79 Å². The van der Waals surface area contributed by atoms with Gasteiger partial charge in [-0.2, -0.15) is 0 Å². The van der Waals surface area contributed by atoms with E-state index in [1.807, 2.05) is 25.7 Å². The van der Waals surface area contributed by atoms with Crippen molar-refractivity contribution in [2.45, 2.75) is 39.7 Å². The Bertz CT molecular complexity index is 223. The van der Waals surface area contributed by atoms with Gasteiger partial charge in [-0.1, -0.05) is 13.8 Å². The quantitative estimate of drug-likeness (QED) is 0.666. The molecule has 17 heavy (non-hydrogen) atoms. The van der Waals surface area contributed by atoms with E-state index in [1.54, 1.807) is 0 Å². The molecule has 1 saturated heterocycles. The van der Waals surface area contributed by atoms with Crippen LogP contribution in [-0.4, -0.2) is 49.8 Å². The van der Waals surface area contributed by atoms with Crippen LogP contribution in [0.4, 0.5) is 0 Å². The van der Waals surface area contributed by atoms with Crippen LogP contribution in [0.2, 0.25) is 0 Å². The Hall–Kier alpha value is -0.610. The first-order valence-corrected chi connectivity index (χ1v) is 6.63. The van der Waals surface area contributed by atoms with E-state index in [0.717, 1.165) is 32.5 Å². The van der Waals surface area contributed by atoms with Crippen molar-refractivity contribution < 1.29 is 14.3 Å². The van der Waals surface area contributed by atoms with Crippen LogP contribution in [0.3, 0.4) is 0 Å². The molecule has 0 aromatic heterocycles. The molecule has 1 rings (SSSR count). The average molecular weight is 243 g/mol. The first-order valence-electron chi connectivity index (χ1n) is 6.63. The smallest absolute Gasteiger partial charge is 0.225 e. The number of likely N-dealkylation sites (tertiary alicyclic amines) is 1. The highest BCUT2D eigenvalue weighted by atomic mass is 16.5. The Labute approximate surface area is 104 Å². The van der Waals surface area contributed by atoms with Crippen molar-refractivity contribution in [2.75, 3.05) is 32.9 Å². The highest BCUT2D eigenvalue weighted by Crippen LogP contribution is 2.15.